The highest BCUT2D eigenvalue weighted by Crippen LogP contribution is 2.21. The molecule has 0 unspecified atom stereocenters. The second-order valence-corrected chi connectivity index (χ2v) is 4.21. The van der Waals surface area contributed by atoms with Crippen molar-refractivity contribution in [3.63, 3.8) is 0 Å². The maximum atomic E-state index is 12.1. The van der Waals surface area contributed by atoms with Gasteiger partial charge in [-0.3, -0.25) is 19.6 Å². The lowest BCUT2D eigenvalue weighted by Crippen LogP contribution is -2.14. The molecule has 2 rings (SSSR count). The molecule has 0 fully saturated rings. The first-order chi connectivity index (χ1) is 9.51. The number of halogens is 1. The zero-order valence-corrected chi connectivity index (χ0v) is 11.2. The maximum Gasteiger partial charge on any atom is 0.300 e. The van der Waals surface area contributed by atoms with E-state index in [-0.39, 0.29) is 10.7 Å². The van der Waals surface area contributed by atoms with Crippen LogP contribution in [0.3, 0.4) is 0 Å². The quantitative estimate of drug-likeness (QED) is 0.528. The first-order valence-corrected chi connectivity index (χ1v) is 6.02. The van der Waals surface area contributed by atoms with Crippen LogP contribution in [-0.4, -0.2) is 25.6 Å². The molecular formula is C11H10ClN5O3. The second-order valence-electron chi connectivity index (χ2n) is 3.82. The number of carbonyl (C=O) groups excluding carboxylic acids is 1. The summed E-state index contributed by atoms with van der Waals surface area (Å²) in [6, 6.07) is 1.15. The fourth-order valence-corrected chi connectivity index (χ4v) is 1.71. The van der Waals surface area contributed by atoms with Crippen molar-refractivity contribution in [3.8, 4) is 0 Å². The van der Waals surface area contributed by atoms with Gasteiger partial charge in [-0.05, 0) is 13.0 Å². The predicted molar refractivity (Wildman–Crippen MR) is 71.8 cm³/mol. The van der Waals surface area contributed by atoms with E-state index in [2.05, 4.69) is 15.4 Å². The Balaban J connectivity index is 2.28. The molecule has 0 bridgehead atoms. The van der Waals surface area contributed by atoms with Crippen LogP contribution in [0.15, 0.2) is 24.7 Å². The zero-order valence-electron chi connectivity index (χ0n) is 10.4. The molecule has 2 aromatic rings. The molecule has 2 aromatic heterocycles. The molecule has 0 aromatic carbocycles. The molecule has 0 saturated heterocycles. The van der Waals surface area contributed by atoms with Gasteiger partial charge in [0.25, 0.3) is 11.6 Å². The van der Waals surface area contributed by atoms with Crippen molar-refractivity contribution in [1.82, 2.24) is 14.8 Å². The van der Waals surface area contributed by atoms with Gasteiger partial charge in [0, 0.05) is 12.7 Å². The molecule has 20 heavy (non-hydrogen) atoms. The van der Waals surface area contributed by atoms with Crippen molar-refractivity contribution < 1.29 is 9.72 Å². The number of anilines is 1. The average Bonchev–Trinajstić information content (AvgIpc) is 2.85. The van der Waals surface area contributed by atoms with Crippen LogP contribution in [0.25, 0.3) is 0 Å². The Morgan fingerprint density at radius 3 is 2.90 bits per heavy atom. The van der Waals surface area contributed by atoms with Gasteiger partial charge in [0.2, 0.25) is 0 Å². The third kappa shape index (κ3) is 2.91. The molecular weight excluding hydrogens is 286 g/mol. The fourth-order valence-electron chi connectivity index (χ4n) is 1.55. The number of carbonyl (C=O) groups is 1. The summed E-state index contributed by atoms with van der Waals surface area (Å²) in [5.74, 6) is -0.642. The van der Waals surface area contributed by atoms with Crippen LogP contribution in [0.2, 0.25) is 5.15 Å². The lowest BCUT2D eigenvalue weighted by Gasteiger charge is -2.03. The SMILES string of the molecule is CCn1cc(NC(=O)c2cc(Cl)ncc2[N+](=O)[O-])cn1. The summed E-state index contributed by atoms with van der Waals surface area (Å²) in [5, 5.41) is 17.4. The largest absolute Gasteiger partial charge is 0.319 e. The van der Waals surface area contributed by atoms with Crippen molar-refractivity contribution in [2.24, 2.45) is 0 Å². The highest BCUT2D eigenvalue weighted by atomic mass is 35.5. The Hall–Kier alpha value is -2.48. The summed E-state index contributed by atoms with van der Waals surface area (Å²) < 4.78 is 1.61. The minimum Gasteiger partial charge on any atom is -0.319 e. The van der Waals surface area contributed by atoms with E-state index in [0.717, 1.165) is 12.3 Å². The number of nitrogens with zero attached hydrogens (tertiary/aromatic N) is 4. The zero-order chi connectivity index (χ0) is 14.7. The highest BCUT2D eigenvalue weighted by molar-refractivity contribution is 6.30. The van der Waals surface area contributed by atoms with E-state index in [1.807, 2.05) is 6.92 Å². The van der Waals surface area contributed by atoms with E-state index in [1.165, 1.54) is 6.20 Å². The Bertz CT molecular complexity index is 670. The molecule has 0 saturated carbocycles. The van der Waals surface area contributed by atoms with E-state index in [1.54, 1.807) is 10.9 Å². The van der Waals surface area contributed by atoms with Crippen molar-refractivity contribution in [2.45, 2.75) is 13.5 Å². The molecule has 9 heteroatoms. The van der Waals surface area contributed by atoms with E-state index in [4.69, 9.17) is 11.6 Å². The Morgan fingerprint density at radius 2 is 2.30 bits per heavy atom. The molecule has 0 radical (unpaired) electrons. The van der Waals surface area contributed by atoms with E-state index >= 15 is 0 Å². The van der Waals surface area contributed by atoms with Crippen LogP contribution in [0, 0.1) is 10.1 Å². The van der Waals surface area contributed by atoms with Crippen molar-refractivity contribution in [2.75, 3.05) is 5.32 Å². The first-order valence-electron chi connectivity index (χ1n) is 5.65. The van der Waals surface area contributed by atoms with Gasteiger partial charge in [-0.15, -0.1) is 0 Å². The molecule has 8 nitrogen and oxygen atoms in total. The van der Waals surface area contributed by atoms with Gasteiger partial charge in [-0.25, -0.2) is 4.98 Å². The van der Waals surface area contributed by atoms with Crippen molar-refractivity contribution in [3.05, 3.63) is 45.5 Å². The Kier molecular flexibility index (Phi) is 3.94. The summed E-state index contributed by atoms with van der Waals surface area (Å²) in [5.41, 5.74) is -0.117. The summed E-state index contributed by atoms with van der Waals surface area (Å²) in [7, 11) is 0. The van der Waals surface area contributed by atoms with Gasteiger partial charge in [0.1, 0.15) is 16.9 Å². The number of rotatable bonds is 4. The third-order valence-electron chi connectivity index (χ3n) is 2.51. The van der Waals surface area contributed by atoms with Gasteiger partial charge in [-0.2, -0.15) is 5.10 Å². The van der Waals surface area contributed by atoms with E-state index in [9.17, 15) is 14.9 Å². The van der Waals surface area contributed by atoms with Gasteiger partial charge in [0.15, 0.2) is 0 Å². The summed E-state index contributed by atoms with van der Waals surface area (Å²) in [4.78, 5) is 25.8. The fraction of sp³-hybridized carbons (Fsp3) is 0.182. The van der Waals surface area contributed by atoms with Crippen LogP contribution in [-0.2, 0) is 6.54 Å². The Labute approximate surface area is 118 Å². The van der Waals surface area contributed by atoms with Crippen LogP contribution in [0.4, 0.5) is 11.4 Å². The molecule has 0 aliphatic rings. The predicted octanol–water partition coefficient (Wildman–Crippen LogP) is 2.11. The standard InChI is InChI=1S/C11H10ClN5O3/c1-2-16-6-7(4-14-16)15-11(18)8-3-10(12)13-5-9(8)17(19)20/h3-6H,2H2,1H3,(H,15,18). The number of amides is 1. The monoisotopic (exact) mass is 295 g/mol. The number of nitrogens with one attached hydrogen (secondary N) is 1. The summed E-state index contributed by atoms with van der Waals surface area (Å²) in [6.45, 7) is 2.54. The molecule has 104 valence electrons. The van der Waals surface area contributed by atoms with E-state index < -0.39 is 16.5 Å². The molecule has 0 aliphatic heterocycles. The van der Waals surface area contributed by atoms with Gasteiger partial charge in [-0.1, -0.05) is 11.6 Å². The van der Waals surface area contributed by atoms with E-state index in [0.29, 0.717) is 12.2 Å². The van der Waals surface area contributed by atoms with Gasteiger partial charge >= 0.3 is 0 Å². The number of aromatic nitrogens is 3. The molecule has 0 aliphatic carbocycles. The van der Waals surface area contributed by atoms with Crippen molar-refractivity contribution in [1.29, 1.82) is 0 Å². The third-order valence-corrected chi connectivity index (χ3v) is 2.71. The van der Waals surface area contributed by atoms with Crippen LogP contribution >= 0.6 is 11.6 Å². The minimum atomic E-state index is -0.687. The number of pyridine rings is 1. The first kappa shape index (κ1) is 13.9. The number of hydrogen-bond donors (Lipinski definition) is 1. The average molecular weight is 296 g/mol. The number of hydrogen-bond acceptors (Lipinski definition) is 5. The Morgan fingerprint density at radius 1 is 1.55 bits per heavy atom. The number of aryl methyl sites for hydroxylation is 1. The summed E-state index contributed by atoms with van der Waals surface area (Å²) >= 11 is 5.66. The van der Waals surface area contributed by atoms with Crippen LogP contribution < -0.4 is 5.32 Å². The minimum absolute atomic E-state index is 0.00463. The highest BCUT2D eigenvalue weighted by Gasteiger charge is 2.21. The maximum absolute atomic E-state index is 12.1. The van der Waals surface area contributed by atoms with Crippen molar-refractivity contribution >= 4 is 28.9 Å². The smallest absolute Gasteiger partial charge is 0.300 e. The topological polar surface area (TPSA) is 103 Å². The van der Waals surface area contributed by atoms with Crippen LogP contribution in [0.5, 0.6) is 0 Å². The molecule has 1 N–H and O–H groups in total. The lowest BCUT2D eigenvalue weighted by atomic mass is 10.2. The van der Waals surface area contributed by atoms with Gasteiger partial charge in [0.05, 0.1) is 16.8 Å². The second kappa shape index (κ2) is 5.66. The lowest BCUT2D eigenvalue weighted by molar-refractivity contribution is -0.385. The molecule has 0 atom stereocenters. The molecule has 0 spiro atoms. The summed E-state index contributed by atoms with van der Waals surface area (Å²) in [6.07, 6.45) is 4.02. The molecule has 1 amide bonds. The molecule has 2 heterocycles. The van der Waals surface area contributed by atoms with Gasteiger partial charge < -0.3 is 5.32 Å². The van der Waals surface area contributed by atoms with Crippen LogP contribution in [0.1, 0.15) is 17.3 Å². The number of nitro groups is 1. The normalized spacial score (nSPS) is 10.3.